The zero-order chi connectivity index (χ0) is 49.6. The molecule has 0 N–H and O–H groups in total. The van der Waals surface area contributed by atoms with E-state index in [2.05, 4.69) is 124 Å². The quantitative estimate of drug-likeness (QED) is 0.160. The van der Waals surface area contributed by atoms with Crippen LogP contribution in [0.25, 0.3) is 49.9 Å². The standard InChI is InChI=1S/C57H52N4O/c1-38-30-54(58-36-50(38)40-20-12-9-13-21-40)61-51-26-15-14-24-48(51)49-29-28-46(35-53(49)61)62-45-23-16-22-43(34-45)59-37-60(44-32-41(56(2,3)4)31-42(33-44)57(5,6)7)55-47(25-17-27-52(55)59)39-18-10-8-11-19-39/h8-36H,37H2,1-7H3/i1D3,9D,12D,13D,20D,21D. The van der Waals surface area contributed by atoms with Crippen molar-refractivity contribution in [1.29, 1.82) is 0 Å². The highest BCUT2D eigenvalue weighted by molar-refractivity contribution is 6.09. The number of benzene rings is 7. The van der Waals surface area contributed by atoms with Crippen LogP contribution in [0.15, 0.2) is 176 Å². The Hall–Kier alpha value is -7.11. The molecule has 0 fully saturated rings. The van der Waals surface area contributed by atoms with Gasteiger partial charge >= 0.3 is 0 Å². The Labute approximate surface area is 376 Å². The first-order valence-corrected chi connectivity index (χ1v) is 21.0. The molecule has 0 atom stereocenters. The van der Waals surface area contributed by atoms with Crippen LogP contribution in [-0.4, -0.2) is 16.2 Å². The lowest BCUT2D eigenvalue weighted by molar-refractivity contribution is 0.483. The van der Waals surface area contributed by atoms with Gasteiger partial charge in [-0.1, -0.05) is 145 Å². The smallest absolute Gasteiger partial charge is 0.137 e. The molecule has 1 aliphatic rings. The average molecular weight is 817 g/mol. The van der Waals surface area contributed by atoms with E-state index in [1.54, 1.807) is 0 Å². The molecule has 7 aromatic carbocycles. The summed E-state index contributed by atoms with van der Waals surface area (Å²) in [6, 6.07) is 44.5. The minimum Gasteiger partial charge on any atom is -0.457 e. The third-order valence-corrected chi connectivity index (χ3v) is 11.8. The Bertz CT molecular complexity index is 3470. The van der Waals surface area contributed by atoms with Crippen LogP contribution in [0.1, 0.15) is 69.2 Å². The van der Waals surface area contributed by atoms with Gasteiger partial charge in [0.25, 0.3) is 0 Å². The fraction of sp³-hybridized carbons (Fsp3) is 0.175. The molecular weight excluding hydrogens is 757 g/mol. The summed E-state index contributed by atoms with van der Waals surface area (Å²) < 4.78 is 76.2. The Morgan fingerprint density at radius 1 is 0.581 bits per heavy atom. The van der Waals surface area contributed by atoms with Crippen molar-refractivity contribution in [3.63, 3.8) is 0 Å². The van der Waals surface area contributed by atoms with Gasteiger partial charge in [0.2, 0.25) is 0 Å². The topological polar surface area (TPSA) is 33.5 Å². The third-order valence-electron chi connectivity index (χ3n) is 11.8. The molecule has 2 aromatic heterocycles. The van der Waals surface area contributed by atoms with Gasteiger partial charge < -0.3 is 14.5 Å². The second-order valence-electron chi connectivity index (χ2n) is 18.0. The van der Waals surface area contributed by atoms with Gasteiger partial charge in [0.05, 0.1) is 29.3 Å². The molecule has 306 valence electrons. The lowest BCUT2D eigenvalue weighted by atomic mass is 9.80. The van der Waals surface area contributed by atoms with Gasteiger partial charge in [0, 0.05) is 55.7 Å². The van der Waals surface area contributed by atoms with E-state index in [9.17, 15) is 0 Å². The van der Waals surface area contributed by atoms with Crippen LogP contribution in [-0.2, 0) is 10.8 Å². The molecule has 0 spiro atoms. The largest absolute Gasteiger partial charge is 0.457 e. The van der Waals surface area contributed by atoms with Crippen molar-refractivity contribution in [3.8, 4) is 39.6 Å². The molecule has 0 bridgehead atoms. The van der Waals surface area contributed by atoms with E-state index in [4.69, 9.17) is 20.7 Å². The zero-order valence-corrected chi connectivity index (χ0v) is 35.8. The van der Waals surface area contributed by atoms with Gasteiger partial charge in [-0.3, -0.25) is 4.57 Å². The summed E-state index contributed by atoms with van der Waals surface area (Å²) in [5, 5.41) is 1.80. The summed E-state index contributed by atoms with van der Waals surface area (Å²) in [7, 11) is 0. The third kappa shape index (κ3) is 7.07. The van der Waals surface area contributed by atoms with Crippen molar-refractivity contribution in [1.82, 2.24) is 9.55 Å². The van der Waals surface area contributed by atoms with Crippen LogP contribution >= 0.6 is 0 Å². The van der Waals surface area contributed by atoms with E-state index in [1.165, 1.54) is 23.4 Å². The second kappa shape index (κ2) is 15.1. The van der Waals surface area contributed by atoms with Gasteiger partial charge in [-0.05, 0) is 100 Å². The van der Waals surface area contributed by atoms with Crippen LogP contribution in [0.4, 0.5) is 22.7 Å². The number of anilines is 4. The summed E-state index contributed by atoms with van der Waals surface area (Å²) in [4.78, 5) is 9.50. The maximum Gasteiger partial charge on any atom is 0.137 e. The number of pyridine rings is 1. The van der Waals surface area contributed by atoms with Crippen LogP contribution in [0.2, 0.25) is 0 Å². The fourth-order valence-electron chi connectivity index (χ4n) is 8.50. The minimum atomic E-state index is -2.73. The molecule has 0 saturated heterocycles. The molecule has 9 aromatic rings. The Kier molecular flexibility index (Phi) is 7.52. The molecule has 0 amide bonds. The molecule has 0 aliphatic carbocycles. The molecule has 5 nitrogen and oxygen atoms in total. The summed E-state index contributed by atoms with van der Waals surface area (Å²) in [5.74, 6) is 1.45. The normalized spacial score (nSPS) is 15.0. The van der Waals surface area contributed by atoms with Gasteiger partial charge in [0.15, 0.2) is 0 Å². The predicted octanol–water partition coefficient (Wildman–Crippen LogP) is 15.5. The van der Waals surface area contributed by atoms with Gasteiger partial charge in [-0.15, -0.1) is 0 Å². The van der Waals surface area contributed by atoms with Crippen molar-refractivity contribution in [2.24, 2.45) is 0 Å². The van der Waals surface area contributed by atoms with Crippen molar-refractivity contribution < 1.29 is 15.7 Å². The van der Waals surface area contributed by atoms with Crippen LogP contribution < -0.4 is 14.5 Å². The number of aryl methyl sites for hydroxylation is 1. The van der Waals surface area contributed by atoms with Crippen molar-refractivity contribution >= 4 is 44.6 Å². The number of ether oxygens (including phenoxy) is 1. The lowest BCUT2D eigenvalue weighted by Crippen LogP contribution is -2.25. The SMILES string of the molecule is [2H]c1c([2H])c([2H])c(-c2cnc(-n3c4ccccc4c4ccc(Oc5cccc(N6CN(c7cc(C(C)(C)C)cc(C(C)(C)C)c7)c7c(-c8ccccc8)cccc76)c5)cc43)cc2C([2H])([2H])[2H])c([2H])c1[2H]. The average Bonchev–Trinajstić information content (AvgIpc) is 3.89. The Morgan fingerprint density at radius 2 is 1.29 bits per heavy atom. The number of hydrogen-bond donors (Lipinski definition) is 0. The summed E-state index contributed by atoms with van der Waals surface area (Å²) in [6.45, 7) is 11.4. The molecule has 0 unspecified atom stereocenters. The maximum absolute atomic E-state index is 8.62. The van der Waals surface area contributed by atoms with Crippen LogP contribution in [0, 0.1) is 6.85 Å². The van der Waals surface area contributed by atoms with E-state index >= 15 is 0 Å². The Morgan fingerprint density at radius 3 is 2.05 bits per heavy atom. The molecule has 1 aliphatic heterocycles. The predicted molar refractivity (Wildman–Crippen MR) is 260 cm³/mol. The fourth-order valence-corrected chi connectivity index (χ4v) is 8.50. The highest BCUT2D eigenvalue weighted by Gasteiger charge is 2.33. The van der Waals surface area contributed by atoms with E-state index in [-0.39, 0.29) is 33.3 Å². The molecule has 5 heteroatoms. The maximum atomic E-state index is 8.62. The highest BCUT2D eigenvalue weighted by Crippen LogP contribution is 2.51. The van der Waals surface area contributed by atoms with Crippen molar-refractivity contribution in [3.05, 3.63) is 193 Å². The van der Waals surface area contributed by atoms with E-state index in [1.807, 2.05) is 65.2 Å². The monoisotopic (exact) mass is 816 g/mol. The first-order valence-electron chi connectivity index (χ1n) is 25.0. The lowest BCUT2D eigenvalue weighted by Gasteiger charge is -2.30. The van der Waals surface area contributed by atoms with E-state index in [0.717, 1.165) is 50.2 Å². The second-order valence-corrected chi connectivity index (χ2v) is 18.0. The Balaban J connectivity index is 1.06. The van der Waals surface area contributed by atoms with Gasteiger partial charge in [-0.2, -0.15) is 0 Å². The number of hydrogen-bond acceptors (Lipinski definition) is 4. The molecule has 3 heterocycles. The summed E-state index contributed by atoms with van der Waals surface area (Å²) in [5.41, 5.74) is 9.97. The first kappa shape index (κ1) is 30.8. The number of fused-ring (bicyclic) bond motifs is 4. The molecule has 0 saturated carbocycles. The minimum absolute atomic E-state index is 0.0569. The number of aromatic nitrogens is 2. The molecule has 62 heavy (non-hydrogen) atoms. The van der Waals surface area contributed by atoms with Crippen LogP contribution in [0.5, 0.6) is 11.5 Å². The van der Waals surface area contributed by atoms with Gasteiger partial charge in [0.1, 0.15) is 24.0 Å². The van der Waals surface area contributed by atoms with Crippen molar-refractivity contribution in [2.75, 3.05) is 16.5 Å². The highest BCUT2D eigenvalue weighted by atomic mass is 16.5. The van der Waals surface area contributed by atoms with Crippen molar-refractivity contribution in [2.45, 2.75) is 59.2 Å². The van der Waals surface area contributed by atoms with Gasteiger partial charge in [-0.25, -0.2) is 4.98 Å². The molecule has 10 rings (SSSR count). The number of rotatable bonds is 7. The first-order chi connectivity index (χ1) is 33.2. The molecular formula is C57H52N4O. The van der Waals surface area contributed by atoms with E-state index in [0.29, 0.717) is 23.7 Å². The number of para-hydroxylation sites is 2. The summed E-state index contributed by atoms with van der Waals surface area (Å²) >= 11 is 0. The van der Waals surface area contributed by atoms with Crippen LogP contribution in [0.3, 0.4) is 0 Å². The number of nitrogens with zero attached hydrogens (tertiary/aromatic N) is 4. The zero-order valence-electron chi connectivity index (χ0n) is 43.8. The van der Waals surface area contributed by atoms with E-state index < -0.39 is 37.1 Å². The summed E-state index contributed by atoms with van der Waals surface area (Å²) in [6.07, 6.45) is 1.29. The molecule has 0 radical (unpaired) electrons.